The number of anilines is 1. The zero-order valence-electron chi connectivity index (χ0n) is 15.7. The van der Waals surface area contributed by atoms with Gasteiger partial charge in [-0.05, 0) is 49.2 Å². The number of piperazine rings is 1. The molecule has 0 saturated carbocycles. The van der Waals surface area contributed by atoms with Gasteiger partial charge in [-0.2, -0.15) is 0 Å². The molecule has 0 radical (unpaired) electrons. The van der Waals surface area contributed by atoms with Gasteiger partial charge in [0.15, 0.2) is 0 Å². The molecule has 2 amide bonds. The number of carbonyl (C=O) groups excluding carboxylic acids is 2. The van der Waals surface area contributed by atoms with Crippen molar-refractivity contribution in [2.45, 2.75) is 12.8 Å². The van der Waals surface area contributed by atoms with Gasteiger partial charge in [-0.25, -0.2) is 9.37 Å². The van der Waals surface area contributed by atoms with Crippen molar-refractivity contribution < 1.29 is 14.0 Å². The maximum absolute atomic E-state index is 13.1. The second kappa shape index (κ2) is 7.96. The van der Waals surface area contributed by atoms with E-state index in [1.165, 1.54) is 12.1 Å². The normalized spacial score (nSPS) is 17.1. The highest BCUT2D eigenvalue weighted by atomic mass is 19.1. The molecular weight excluding hydrogens is 359 g/mol. The molecule has 3 heterocycles. The Morgan fingerprint density at radius 1 is 0.750 bits per heavy atom. The quantitative estimate of drug-likeness (QED) is 0.818. The molecule has 0 atom stereocenters. The number of halogens is 1. The number of rotatable bonds is 3. The molecule has 146 valence electrons. The second-order valence-corrected chi connectivity index (χ2v) is 7.16. The number of hydrogen-bond donors (Lipinski definition) is 0. The molecule has 6 nitrogen and oxygen atoms in total. The molecule has 1 aromatic heterocycles. The zero-order valence-corrected chi connectivity index (χ0v) is 15.7. The molecule has 0 spiro atoms. The molecule has 4 rings (SSSR count). The lowest BCUT2D eigenvalue weighted by atomic mass is 10.2. The van der Waals surface area contributed by atoms with E-state index in [-0.39, 0.29) is 17.6 Å². The fourth-order valence-electron chi connectivity index (χ4n) is 3.74. The Kier molecular flexibility index (Phi) is 5.23. The minimum atomic E-state index is -0.257. The van der Waals surface area contributed by atoms with E-state index in [0.29, 0.717) is 37.6 Å². The van der Waals surface area contributed by atoms with E-state index < -0.39 is 0 Å². The highest BCUT2D eigenvalue weighted by Crippen LogP contribution is 2.18. The number of nitrogens with zero attached hydrogens (tertiary/aromatic N) is 4. The summed E-state index contributed by atoms with van der Waals surface area (Å²) in [5.41, 5.74) is 1.59. The van der Waals surface area contributed by atoms with Gasteiger partial charge in [0.2, 0.25) is 0 Å². The fraction of sp³-hybridized carbons (Fsp3) is 0.381. The Morgan fingerprint density at radius 3 is 1.86 bits per heavy atom. The van der Waals surface area contributed by atoms with Crippen LogP contribution in [-0.4, -0.2) is 65.9 Å². The van der Waals surface area contributed by atoms with Gasteiger partial charge in [0.25, 0.3) is 11.8 Å². The van der Waals surface area contributed by atoms with Crippen molar-refractivity contribution in [1.82, 2.24) is 14.8 Å². The van der Waals surface area contributed by atoms with E-state index in [2.05, 4.69) is 9.88 Å². The van der Waals surface area contributed by atoms with E-state index in [4.69, 9.17) is 0 Å². The average molecular weight is 382 g/mol. The molecule has 0 bridgehead atoms. The van der Waals surface area contributed by atoms with E-state index in [9.17, 15) is 14.0 Å². The molecular formula is C21H23FN4O2. The van der Waals surface area contributed by atoms with Crippen LogP contribution in [0, 0.1) is 5.82 Å². The first-order chi connectivity index (χ1) is 13.6. The molecule has 2 fully saturated rings. The van der Waals surface area contributed by atoms with Gasteiger partial charge >= 0.3 is 0 Å². The van der Waals surface area contributed by atoms with Crippen LogP contribution in [0.2, 0.25) is 0 Å². The van der Waals surface area contributed by atoms with E-state index in [1.807, 2.05) is 0 Å². The van der Waals surface area contributed by atoms with Crippen LogP contribution in [0.15, 0.2) is 42.5 Å². The van der Waals surface area contributed by atoms with Crippen molar-refractivity contribution in [2.24, 2.45) is 0 Å². The van der Waals surface area contributed by atoms with Crippen LogP contribution in [0.4, 0.5) is 10.1 Å². The number of carbonyl (C=O) groups is 2. The van der Waals surface area contributed by atoms with Crippen molar-refractivity contribution >= 4 is 17.5 Å². The van der Waals surface area contributed by atoms with Crippen molar-refractivity contribution in [3.8, 4) is 0 Å². The largest absolute Gasteiger partial charge is 0.368 e. The molecule has 2 saturated heterocycles. The van der Waals surface area contributed by atoms with Gasteiger partial charge in [-0.3, -0.25) is 9.59 Å². The third kappa shape index (κ3) is 3.83. The number of hydrogen-bond acceptors (Lipinski definition) is 4. The first-order valence-electron chi connectivity index (χ1n) is 9.68. The predicted molar refractivity (Wildman–Crippen MR) is 104 cm³/mol. The maximum Gasteiger partial charge on any atom is 0.272 e. The Balaban J connectivity index is 1.40. The number of benzene rings is 1. The molecule has 2 aliphatic rings. The molecule has 2 aliphatic heterocycles. The predicted octanol–water partition coefficient (Wildman–Crippen LogP) is 2.42. The first kappa shape index (κ1) is 18.4. The number of pyridine rings is 1. The lowest BCUT2D eigenvalue weighted by Crippen LogP contribution is -2.49. The van der Waals surface area contributed by atoms with Gasteiger partial charge in [0.1, 0.15) is 17.2 Å². The van der Waals surface area contributed by atoms with Crippen LogP contribution in [-0.2, 0) is 0 Å². The van der Waals surface area contributed by atoms with Gasteiger partial charge in [0.05, 0.1) is 0 Å². The zero-order chi connectivity index (χ0) is 19.5. The summed E-state index contributed by atoms with van der Waals surface area (Å²) in [4.78, 5) is 35.4. The number of likely N-dealkylation sites (tertiary alicyclic amines) is 1. The average Bonchev–Trinajstić information content (AvgIpc) is 3.28. The molecule has 7 heteroatoms. The Hall–Kier alpha value is -2.96. The van der Waals surface area contributed by atoms with Crippen LogP contribution in [0.25, 0.3) is 0 Å². The number of amides is 2. The van der Waals surface area contributed by atoms with Gasteiger partial charge < -0.3 is 14.7 Å². The highest BCUT2D eigenvalue weighted by Gasteiger charge is 2.25. The summed E-state index contributed by atoms with van der Waals surface area (Å²) >= 11 is 0. The molecule has 0 aliphatic carbocycles. The standard InChI is InChI=1S/C21H23FN4O2/c22-16-6-8-17(9-7-16)24-12-14-26(15-13-24)21(28)19-5-3-4-18(23-19)20(27)25-10-1-2-11-25/h3-9H,1-2,10-15H2. The maximum atomic E-state index is 13.1. The van der Waals surface area contributed by atoms with Crippen LogP contribution < -0.4 is 4.90 Å². The third-order valence-corrected chi connectivity index (χ3v) is 5.34. The summed E-state index contributed by atoms with van der Waals surface area (Å²) in [6.07, 6.45) is 2.03. The van der Waals surface area contributed by atoms with E-state index in [1.54, 1.807) is 40.1 Å². The van der Waals surface area contributed by atoms with E-state index in [0.717, 1.165) is 31.6 Å². The van der Waals surface area contributed by atoms with Crippen molar-refractivity contribution in [3.63, 3.8) is 0 Å². The van der Waals surface area contributed by atoms with Crippen LogP contribution in [0.1, 0.15) is 33.8 Å². The van der Waals surface area contributed by atoms with Crippen LogP contribution in [0.3, 0.4) is 0 Å². The molecule has 28 heavy (non-hydrogen) atoms. The first-order valence-corrected chi connectivity index (χ1v) is 9.68. The van der Waals surface area contributed by atoms with Crippen molar-refractivity contribution in [2.75, 3.05) is 44.2 Å². The summed E-state index contributed by atoms with van der Waals surface area (Å²) < 4.78 is 13.1. The smallest absolute Gasteiger partial charge is 0.272 e. The van der Waals surface area contributed by atoms with Gasteiger partial charge in [0, 0.05) is 45.0 Å². The fourth-order valence-corrected chi connectivity index (χ4v) is 3.74. The van der Waals surface area contributed by atoms with Gasteiger partial charge in [-0.15, -0.1) is 0 Å². The monoisotopic (exact) mass is 382 g/mol. The van der Waals surface area contributed by atoms with Crippen LogP contribution in [0.5, 0.6) is 0 Å². The highest BCUT2D eigenvalue weighted by molar-refractivity contribution is 5.96. The third-order valence-electron chi connectivity index (χ3n) is 5.34. The molecule has 1 aromatic carbocycles. The topological polar surface area (TPSA) is 56.8 Å². The van der Waals surface area contributed by atoms with Gasteiger partial charge in [-0.1, -0.05) is 6.07 Å². The SMILES string of the molecule is O=C(c1cccc(C(=O)N2CCN(c3ccc(F)cc3)CC2)n1)N1CCCC1. The molecule has 0 unspecified atom stereocenters. The molecule has 2 aromatic rings. The van der Waals surface area contributed by atoms with Crippen molar-refractivity contribution in [3.05, 3.63) is 59.7 Å². The lowest BCUT2D eigenvalue weighted by Gasteiger charge is -2.36. The van der Waals surface area contributed by atoms with E-state index >= 15 is 0 Å². The van der Waals surface area contributed by atoms with Crippen molar-refractivity contribution in [1.29, 1.82) is 0 Å². The summed E-state index contributed by atoms with van der Waals surface area (Å²) in [6.45, 7) is 3.96. The van der Waals surface area contributed by atoms with Crippen LogP contribution >= 0.6 is 0 Å². The Bertz CT molecular complexity index is 857. The Morgan fingerprint density at radius 2 is 1.29 bits per heavy atom. The Labute approximate surface area is 163 Å². The lowest BCUT2D eigenvalue weighted by molar-refractivity contribution is 0.0739. The minimum absolute atomic E-state index is 0.103. The number of aromatic nitrogens is 1. The molecule has 0 N–H and O–H groups in total. The summed E-state index contributed by atoms with van der Waals surface area (Å²) in [5, 5.41) is 0. The minimum Gasteiger partial charge on any atom is -0.368 e. The second-order valence-electron chi connectivity index (χ2n) is 7.16. The summed E-state index contributed by atoms with van der Waals surface area (Å²) in [6, 6.07) is 11.4. The summed E-state index contributed by atoms with van der Waals surface area (Å²) in [7, 11) is 0. The summed E-state index contributed by atoms with van der Waals surface area (Å²) in [5.74, 6) is -0.518.